The van der Waals surface area contributed by atoms with Gasteiger partial charge >= 0.3 is 0 Å². The van der Waals surface area contributed by atoms with Crippen LogP contribution in [0.4, 0.5) is 4.70 Å². The van der Waals surface area contributed by atoms with Crippen molar-refractivity contribution < 1.29 is 9.50 Å². The second-order valence-corrected chi connectivity index (χ2v) is 1.07. The highest BCUT2D eigenvalue weighted by molar-refractivity contribution is 5.45. The summed E-state index contributed by atoms with van der Waals surface area (Å²) in [5.74, 6) is 0. The maximum Gasteiger partial charge on any atom is 0.209 e. The lowest BCUT2D eigenvalue weighted by Crippen LogP contribution is -2.06. The quantitative estimate of drug-likeness (QED) is 0.413. The zero-order valence-electron chi connectivity index (χ0n) is 3.84. The Morgan fingerprint density at radius 3 is 1.67 bits per heavy atom. The average Bonchev–Trinajstić information content (AvgIpc) is 1.38. The minimum absolute atomic E-state index is 0. The minimum Gasteiger partial charge on any atom is -0.351 e. The predicted molar refractivity (Wildman–Crippen MR) is 22.3 cm³/mol. The van der Waals surface area contributed by atoms with Crippen molar-refractivity contribution in [2.75, 3.05) is 14.1 Å². The van der Waals surface area contributed by atoms with Gasteiger partial charge in [0.15, 0.2) is 0 Å². The molecule has 0 spiro atoms. The summed E-state index contributed by atoms with van der Waals surface area (Å²) in [7, 11) is 3.38. The van der Waals surface area contributed by atoms with Crippen LogP contribution in [0.25, 0.3) is 0 Å². The number of rotatable bonds is 1. The van der Waals surface area contributed by atoms with E-state index in [9.17, 15) is 4.79 Å². The van der Waals surface area contributed by atoms with Crippen molar-refractivity contribution >= 4 is 6.41 Å². The lowest BCUT2D eigenvalue weighted by molar-refractivity contribution is -0.115. The molecule has 0 atom stereocenters. The second-order valence-electron chi connectivity index (χ2n) is 1.07. The summed E-state index contributed by atoms with van der Waals surface area (Å²) in [6.07, 6.45) is 0.750. The van der Waals surface area contributed by atoms with Crippen molar-refractivity contribution in [1.82, 2.24) is 4.90 Å². The molecule has 0 radical (unpaired) electrons. The third kappa shape index (κ3) is 9.99. The summed E-state index contributed by atoms with van der Waals surface area (Å²) in [5, 5.41) is 0. The fourth-order valence-electron chi connectivity index (χ4n) is 0. The first kappa shape index (κ1) is 9.04. The van der Waals surface area contributed by atoms with Gasteiger partial charge in [0, 0.05) is 14.1 Å². The Kier molecular flexibility index (Phi) is 6.63. The third-order valence-corrected chi connectivity index (χ3v) is 0.211. The Morgan fingerprint density at radius 2 is 1.67 bits per heavy atom. The lowest BCUT2D eigenvalue weighted by Gasteiger charge is -1.93. The van der Waals surface area contributed by atoms with E-state index in [1.807, 2.05) is 0 Å². The fourth-order valence-corrected chi connectivity index (χ4v) is 0. The highest BCUT2D eigenvalue weighted by atomic mass is 19.0. The molecule has 0 bridgehead atoms. The topological polar surface area (TPSA) is 20.3 Å². The minimum atomic E-state index is 0. The van der Waals surface area contributed by atoms with Gasteiger partial charge in [-0.2, -0.15) is 0 Å². The molecule has 3 heteroatoms. The zero-order valence-corrected chi connectivity index (χ0v) is 3.84. The van der Waals surface area contributed by atoms with Gasteiger partial charge in [-0.3, -0.25) is 9.50 Å². The molecule has 0 aliphatic carbocycles. The van der Waals surface area contributed by atoms with Gasteiger partial charge in [-0.15, -0.1) is 0 Å². The van der Waals surface area contributed by atoms with E-state index in [4.69, 9.17) is 0 Å². The normalized spacial score (nSPS) is 5.67. The van der Waals surface area contributed by atoms with Crippen LogP contribution in [-0.4, -0.2) is 25.4 Å². The molecule has 0 aromatic heterocycles. The summed E-state index contributed by atoms with van der Waals surface area (Å²) in [4.78, 5) is 10.9. The van der Waals surface area contributed by atoms with E-state index in [0.29, 0.717) is 0 Å². The molecule has 0 fully saturated rings. The van der Waals surface area contributed by atoms with Crippen LogP contribution in [0.5, 0.6) is 0 Å². The van der Waals surface area contributed by atoms with Gasteiger partial charge in [-0.25, -0.2) is 0 Å². The van der Waals surface area contributed by atoms with E-state index in [0.717, 1.165) is 6.41 Å². The van der Waals surface area contributed by atoms with E-state index < -0.39 is 0 Å². The summed E-state index contributed by atoms with van der Waals surface area (Å²) >= 11 is 0. The number of amides is 1. The van der Waals surface area contributed by atoms with Crippen LogP contribution in [0.3, 0.4) is 0 Å². The van der Waals surface area contributed by atoms with Crippen LogP contribution >= 0.6 is 0 Å². The van der Waals surface area contributed by atoms with E-state index >= 15 is 0 Å². The van der Waals surface area contributed by atoms with Crippen LogP contribution in [0.1, 0.15) is 0 Å². The van der Waals surface area contributed by atoms with Crippen molar-refractivity contribution in [3.05, 3.63) is 0 Å². The van der Waals surface area contributed by atoms with Crippen molar-refractivity contribution in [2.45, 2.75) is 0 Å². The second kappa shape index (κ2) is 4.40. The smallest absolute Gasteiger partial charge is 0.209 e. The maximum absolute atomic E-state index is 9.43. The van der Waals surface area contributed by atoms with Crippen LogP contribution < -0.4 is 0 Å². The van der Waals surface area contributed by atoms with E-state index in [-0.39, 0.29) is 4.70 Å². The molecule has 0 saturated heterocycles. The van der Waals surface area contributed by atoms with Crippen molar-refractivity contribution in [3.63, 3.8) is 0 Å². The molecule has 0 aromatic rings. The third-order valence-electron chi connectivity index (χ3n) is 0.211. The molecule has 0 N–H and O–H groups in total. The van der Waals surface area contributed by atoms with Gasteiger partial charge in [0.05, 0.1) is 0 Å². The molecular formula is C3H8FNO. The molecule has 1 amide bonds. The van der Waals surface area contributed by atoms with Crippen LogP contribution in [0, 0.1) is 0 Å². The number of hydrogen-bond donors (Lipinski definition) is 0. The fraction of sp³-hybridized carbons (Fsp3) is 0.667. The molecular weight excluding hydrogens is 85.0 g/mol. The number of carbonyl (C=O) groups is 1. The van der Waals surface area contributed by atoms with Gasteiger partial charge in [0.1, 0.15) is 0 Å². The molecule has 0 aliphatic heterocycles. The van der Waals surface area contributed by atoms with Crippen molar-refractivity contribution in [3.8, 4) is 0 Å². The SMILES string of the molecule is CN(C)C=O.F. The van der Waals surface area contributed by atoms with Crippen LogP contribution in [-0.2, 0) is 4.79 Å². The zero-order chi connectivity index (χ0) is 4.28. The Morgan fingerprint density at radius 1 is 1.50 bits per heavy atom. The van der Waals surface area contributed by atoms with Crippen molar-refractivity contribution in [1.29, 1.82) is 0 Å². The Labute approximate surface area is 36.1 Å². The standard InChI is InChI=1S/C3H7NO.FH/c1-4(2)3-5;/h3H,1-2H3;1H. The molecule has 0 unspecified atom stereocenters. The van der Waals surface area contributed by atoms with Crippen LogP contribution in [0.15, 0.2) is 0 Å². The number of carbonyl (C=O) groups excluding carboxylic acids is 1. The summed E-state index contributed by atoms with van der Waals surface area (Å²) in [6, 6.07) is 0. The summed E-state index contributed by atoms with van der Waals surface area (Å²) in [6.45, 7) is 0. The maximum atomic E-state index is 9.43. The first-order valence-electron chi connectivity index (χ1n) is 1.39. The van der Waals surface area contributed by atoms with E-state index in [1.165, 1.54) is 4.90 Å². The predicted octanol–water partition coefficient (Wildman–Crippen LogP) is -0.143. The molecule has 2 nitrogen and oxygen atoms in total. The molecule has 0 aliphatic rings. The average molecular weight is 93.1 g/mol. The Balaban J connectivity index is 0. The molecule has 0 aromatic carbocycles. The first-order valence-corrected chi connectivity index (χ1v) is 1.39. The Bertz CT molecular complexity index is 37.8. The summed E-state index contributed by atoms with van der Waals surface area (Å²) < 4.78 is 0. The highest BCUT2D eigenvalue weighted by Gasteiger charge is 1.68. The van der Waals surface area contributed by atoms with Crippen LogP contribution in [0.2, 0.25) is 0 Å². The monoisotopic (exact) mass is 93.1 g/mol. The van der Waals surface area contributed by atoms with Gasteiger partial charge < -0.3 is 4.90 Å². The van der Waals surface area contributed by atoms with Gasteiger partial charge in [0.25, 0.3) is 0 Å². The van der Waals surface area contributed by atoms with E-state index in [1.54, 1.807) is 14.1 Å². The van der Waals surface area contributed by atoms with Gasteiger partial charge in [-0.05, 0) is 0 Å². The highest BCUT2D eigenvalue weighted by Crippen LogP contribution is 1.52. The first-order chi connectivity index (χ1) is 2.27. The van der Waals surface area contributed by atoms with Crippen molar-refractivity contribution in [2.24, 2.45) is 0 Å². The summed E-state index contributed by atoms with van der Waals surface area (Å²) in [5.41, 5.74) is 0. The number of hydrogen-bond acceptors (Lipinski definition) is 1. The van der Waals surface area contributed by atoms with E-state index in [2.05, 4.69) is 0 Å². The number of halogens is 1. The molecule has 0 saturated carbocycles. The van der Waals surface area contributed by atoms with Gasteiger partial charge in [0.2, 0.25) is 6.41 Å². The molecule has 38 valence electrons. The molecule has 0 heterocycles. The molecule has 6 heavy (non-hydrogen) atoms. The Hall–Kier alpha value is -0.600. The number of nitrogens with zero attached hydrogens (tertiary/aromatic N) is 1. The lowest BCUT2D eigenvalue weighted by atomic mass is 11.0. The molecule has 0 rings (SSSR count). The van der Waals surface area contributed by atoms with Gasteiger partial charge in [-0.1, -0.05) is 0 Å². The largest absolute Gasteiger partial charge is 0.351 e.